The van der Waals surface area contributed by atoms with Gasteiger partial charge in [-0.1, -0.05) is 61.7 Å². The molecule has 0 aliphatic heterocycles. The van der Waals surface area contributed by atoms with Crippen LogP contribution in [0.3, 0.4) is 0 Å². The number of benzene rings is 8. The molecule has 0 unspecified atom stereocenters. The van der Waals surface area contributed by atoms with Gasteiger partial charge in [0.15, 0.2) is 0 Å². The summed E-state index contributed by atoms with van der Waals surface area (Å²) in [5.74, 6) is 2.65. The Balaban J connectivity index is 0.000000173. The molecule has 107 heavy (non-hydrogen) atoms. The molecule has 4 aromatic heterocycles. The molecule has 0 aliphatic carbocycles. The smallest absolute Gasteiger partial charge is 0.488 e. The predicted octanol–water partition coefficient (Wildman–Crippen LogP) is 18.9. The van der Waals surface area contributed by atoms with Crippen molar-refractivity contribution in [2.45, 2.75) is 36.9 Å². The van der Waals surface area contributed by atoms with E-state index in [1.54, 1.807) is 121 Å². The average Bonchev–Trinajstić information content (AvgIpc) is 0.856. The van der Waals surface area contributed by atoms with Crippen molar-refractivity contribution in [3.63, 3.8) is 0 Å². The summed E-state index contributed by atoms with van der Waals surface area (Å²) < 4.78 is 166. The SMILES string of the molecule is C=Cc1cccc(-c2ccc(O)cc2)n1.C=Cc1cccc(-c2ccc(Oc3ccc(C(F)(F)F)cc3)cc2)n1.OB(O)c1ccc(C(F)(F)F)cc1.OC[C@@H](O)c1cccc(-c2ccc(Oc3ccc(C(F)(F)F)cc3)cc2)n1.OC[C@H](O)c1cccc(-c2ccc(Oc3ccc(C(F)(F)F)cc3)cc2)n1. The number of nitrogens with zero attached hydrogens (tertiary/aromatic N) is 4. The maximum Gasteiger partial charge on any atom is 0.488 e. The van der Waals surface area contributed by atoms with Gasteiger partial charge >= 0.3 is 31.8 Å². The normalized spacial score (nSPS) is 11.8. The molecule has 4 heterocycles. The number of halogens is 12. The highest BCUT2D eigenvalue weighted by molar-refractivity contribution is 6.58. The molecular weight excluding hydrogens is 1420 g/mol. The first kappa shape index (κ1) is 80.7. The Bertz CT molecular complexity index is 4640. The van der Waals surface area contributed by atoms with Crippen LogP contribution < -0.4 is 19.7 Å². The fourth-order valence-electron chi connectivity index (χ4n) is 9.34. The summed E-state index contributed by atoms with van der Waals surface area (Å²) in [6.07, 6.45) is -16.2. The Hall–Kier alpha value is -12.0. The van der Waals surface area contributed by atoms with Crippen molar-refractivity contribution in [2.24, 2.45) is 0 Å². The van der Waals surface area contributed by atoms with E-state index in [-0.39, 0.29) is 11.2 Å². The van der Waals surface area contributed by atoms with Crippen LogP contribution in [0.1, 0.15) is 57.2 Å². The zero-order chi connectivity index (χ0) is 77.5. The highest BCUT2D eigenvalue weighted by atomic mass is 19.4. The van der Waals surface area contributed by atoms with Crippen molar-refractivity contribution in [1.29, 1.82) is 0 Å². The molecule has 0 saturated carbocycles. The summed E-state index contributed by atoms with van der Waals surface area (Å²) in [6.45, 7) is 6.53. The van der Waals surface area contributed by atoms with Gasteiger partial charge in [0.05, 0.1) is 81.0 Å². The molecule has 550 valence electrons. The standard InChI is InChI=1S/2C20H16F3NO3.C20H14F3NO.C13H11NO.C7H6BF3O2/c2*21-20(22,23)14-6-10-16(11-7-14)27-15-8-4-13(5-9-15)17-2-1-3-18(24-17)19(26)12-25;1-2-16-4-3-5-19(24-16)14-6-10-17(11-7-14)25-18-12-8-15(9-13-18)20(21,22)23;1-2-11-4-3-5-13(14-11)10-6-8-12(15)9-7-10;9-7(10,11)5-1-3-6(4-2-5)8(12)13/h2*1-11,19,25-26H,12H2;2-13H,1H2;2-9,15H,1H2;1-4,12-13H/t2*19-;;;/m10.../s1. The monoisotopic (exact) mass is 1480 g/mol. The molecule has 0 fully saturated rings. The number of hydrogen-bond acceptors (Lipinski definition) is 14. The minimum absolute atomic E-state index is 0.0352. The van der Waals surface area contributed by atoms with Gasteiger partial charge in [-0.15, -0.1) is 0 Å². The van der Waals surface area contributed by atoms with Gasteiger partial charge < -0.3 is 49.8 Å². The van der Waals surface area contributed by atoms with Crippen molar-refractivity contribution >= 4 is 24.7 Å². The van der Waals surface area contributed by atoms with Crippen LogP contribution in [-0.2, 0) is 24.7 Å². The molecule has 8 aromatic carbocycles. The number of alkyl halides is 12. The van der Waals surface area contributed by atoms with E-state index in [1.807, 2.05) is 60.7 Å². The lowest BCUT2D eigenvalue weighted by atomic mass is 9.80. The lowest BCUT2D eigenvalue weighted by Crippen LogP contribution is -2.29. The van der Waals surface area contributed by atoms with Crippen LogP contribution in [0.4, 0.5) is 52.7 Å². The zero-order valence-electron chi connectivity index (χ0n) is 55.8. The van der Waals surface area contributed by atoms with Gasteiger partial charge in [-0.2, -0.15) is 52.7 Å². The summed E-state index contributed by atoms with van der Waals surface area (Å²) in [7, 11) is -1.73. The van der Waals surface area contributed by atoms with Crippen molar-refractivity contribution in [3.8, 4) is 85.3 Å². The molecule has 14 nitrogen and oxygen atoms in total. The Labute approximate surface area is 605 Å². The summed E-state index contributed by atoms with van der Waals surface area (Å²) in [5, 5.41) is 63.7. The first-order valence-corrected chi connectivity index (χ1v) is 31.8. The largest absolute Gasteiger partial charge is 0.508 e. The fourth-order valence-corrected chi connectivity index (χ4v) is 9.34. The molecule has 27 heteroatoms. The second kappa shape index (κ2) is 37.1. The van der Waals surface area contributed by atoms with Gasteiger partial charge in [-0.05, 0) is 236 Å². The van der Waals surface area contributed by atoms with E-state index >= 15 is 0 Å². The number of hydrogen-bond donors (Lipinski definition) is 7. The number of pyridine rings is 4. The molecule has 0 saturated heterocycles. The molecule has 0 radical (unpaired) electrons. The molecule has 0 aliphatic rings. The summed E-state index contributed by atoms with van der Waals surface area (Å²) >= 11 is 0. The topological polar surface area (TPSA) is 221 Å². The Morgan fingerprint density at radius 2 is 0.561 bits per heavy atom. The van der Waals surface area contributed by atoms with Crippen LogP contribution >= 0.6 is 0 Å². The number of phenols is 1. The molecule has 0 bridgehead atoms. The fraction of sp³-hybridized carbons (Fsp3) is 0.100. The number of rotatable bonds is 17. The number of phenolic OH excluding ortho intramolecular Hbond substituents is 1. The van der Waals surface area contributed by atoms with Gasteiger partial charge in [0, 0.05) is 22.3 Å². The minimum atomic E-state index is -4.39. The lowest BCUT2D eigenvalue weighted by Gasteiger charge is -2.10. The number of ether oxygens (including phenoxy) is 3. The van der Waals surface area contributed by atoms with Crippen LogP contribution in [0.25, 0.3) is 57.2 Å². The molecule has 0 spiro atoms. The van der Waals surface area contributed by atoms with Crippen LogP contribution in [0.5, 0.6) is 40.2 Å². The average molecular weight is 1480 g/mol. The predicted molar refractivity (Wildman–Crippen MR) is 380 cm³/mol. The molecule has 12 rings (SSSR count). The molecule has 12 aromatic rings. The molecular formula is C80H63BF12N4O10. The van der Waals surface area contributed by atoms with E-state index in [2.05, 4.69) is 33.1 Å². The quantitative estimate of drug-likeness (QED) is 0.0333. The van der Waals surface area contributed by atoms with Crippen LogP contribution in [0, 0.1) is 0 Å². The molecule has 2 atom stereocenters. The number of aliphatic hydroxyl groups excluding tert-OH is 4. The van der Waals surface area contributed by atoms with Crippen LogP contribution in [-0.4, -0.2) is 75.8 Å². The van der Waals surface area contributed by atoms with E-state index in [0.29, 0.717) is 57.3 Å². The molecule has 7 N–H and O–H groups in total. The van der Waals surface area contributed by atoms with Gasteiger partial charge in [0.1, 0.15) is 52.5 Å². The third kappa shape index (κ3) is 24.6. The summed E-state index contributed by atoms with van der Waals surface area (Å²) in [5.41, 5.74) is 5.73. The van der Waals surface area contributed by atoms with Crippen molar-refractivity contribution in [1.82, 2.24) is 19.9 Å². The van der Waals surface area contributed by atoms with Crippen molar-refractivity contribution in [2.75, 3.05) is 13.2 Å². The van der Waals surface area contributed by atoms with Gasteiger partial charge in [0.2, 0.25) is 0 Å². The Morgan fingerprint density at radius 3 is 0.804 bits per heavy atom. The molecule has 0 amide bonds. The van der Waals surface area contributed by atoms with Crippen molar-refractivity contribution < 1.29 is 102 Å². The highest BCUT2D eigenvalue weighted by Gasteiger charge is 2.33. The number of aliphatic hydroxyl groups is 4. The highest BCUT2D eigenvalue weighted by Crippen LogP contribution is 2.36. The maximum absolute atomic E-state index is 12.6. The lowest BCUT2D eigenvalue weighted by molar-refractivity contribution is -0.138. The van der Waals surface area contributed by atoms with Crippen LogP contribution in [0.15, 0.2) is 280 Å². The van der Waals surface area contributed by atoms with Crippen molar-refractivity contribution in [3.05, 3.63) is 325 Å². The Morgan fingerprint density at radius 1 is 0.327 bits per heavy atom. The second-order valence-corrected chi connectivity index (χ2v) is 22.6. The first-order chi connectivity index (χ1) is 50.9. The maximum atomic E-state index is 12.6. The third-order valence-electron chi connectivity index (χ3n) is 14.9. The summed E-state index contributed by atoms with van der Waals surface area (Å²) in [4.78, 5) is 17.4. The Kier molecular flexibility index (Phi) is 28.0. The van der Waals surface area contributed by atoms with Crippen LogP contribution in [0.2, 0.25) is 0 Å². The van der Waals surface area contributed by atoms with Gasteiger partial charge in [-0.3, -0.25) is 0 Å². The summed E-state index contributed by atoms with van der Waals surface area (Å²) in [6, 6.07) is 66.6. The first-order valence-electron chi connectivity index (χ1n) is 31.8. The van der Waals surface area contributed by atoms with Gasteiger partial charge in [0.25, 0.3) is 0 Å². The van der Waals surface area contributed by atoms with E-state index in [1.165, 1.54) is 36.4 Å². The second-order valence-electron chi connectivity index (χ2n) is 22.6. The van der Waals surface area contributed by atoms with E-state index in [9.17, 15) is 62.9 Å². The number of aromatic hydroxyl groups is 1. The zero-order valence-corrected chi connectivity index (χ0v) is 55.8. The minimum Gasteiger partial charge on any atom is -0.508 e. The van der Waals surface area contributed by atoms with Gasteiger partial charge in [-0.25, -0.2) is 19.9 Å². The number of aromatic nitrogens is 4. The van der Waals surface area contributed by atoms with E-state index in [0.717, 1.165) is 106 Å². The van der Waals surface area contributed by atoms with E-state index in [4.69, 9.17) is 39.6 Å². The third-order valence-corrected chi connectivity index (χ3v) is 14.9. The van der Waals surface area contributed by atoms with E-state index < -0.39 is 79.5 Å².